The summed E-state index contributed by atoms with van der Waals surface area (Å²) in [5, 5.41) is 3.29. The van der Waals surface area contributed by atoms with E-state index in [2.05, 4.69) is 10.3 Å². The molecule has 1 aromatic carbocycles. The van der Waals surface area contributed by atoms with E-state index in [-0.39, 0.29) is 11.9 Å². The van der Waals surface area contributed by atoms with Crippen LogP contribution in [0, 0.1) is 19.7 Å². The first-order chi connectivity index (χ1) is 9.11. The minimum absolute atomic E-state index is 0.0336. The largest absolute Gasteiger partial charge is 0.444 e. The number of hydrogen-bond donors (Lipinski definition) is 1. The number of nitrogens with one attached hydrogen (secondary N) is 1. The van der Waals surface area contributed by atoms with Crippen molar-refractivity contribution < 1.29 is 8.81 Å². The van der Waals surface area contributed by atoms with Gasteiger partial charge in [-0.05, 0) is 26.3 Å². The van der Waals surface area contributed by atoms with E-state index in [0.29, 0.717) is 18.0 Å². The highest BCUT2D eigenvalue weighted by atomic mass is 19.1. The second kappa shape index (κ2) is 5.97. The molecule has 19 heavy (non-hydrogen) atoms. The Kier molecular flexibility index (Phi) is 4.32. The van der Waals surface area contributed by atoms with Crippen LogP contribution < -0.4 is 5.32 Å². The van der Waals surface area contributed by atoms with E-state index in [1.54, 1.807) is 6.07 Å². The van der Waals surface area contributed by atoms with Gasteiger partial charge in [-0.3, -0.25) is 0 Å². The maximum atomic E-state index is 13.7. The molecule has 1 aromatic heterocycles. The van der Waals surface area contributed by atoms with E-state index in [4.69, 9.17) is 4.42 Å². The van der Waals surface area contributed by atoms with Gasteiger partial charge in [-0.2, -0.15) is 0 Å². The van der Waals surface area contributed by atoms with Gasteiger partial charge in [0.15, 0.2) is 0 Å². The Morgan fingerprint density at radius 2 is 2.05 bits per heavy atom. The molecule has 0 aliphatic heterocycles. The van der Waals surface area contributed by atoms with Crippen molar-refractivity contribution in [1.29, 1.82) is 0 Å². The number of aryl methyl sites for hydroxylation is 2. The van der Waals surface area contributed by atoms with Gasteiger partial charge >= 0.3 is 0 Å². The van der Waals surface area contributed by atoms with E-state index in [9.17, 15) is 4.39 Å². The molecule has 1 N–H and O–H groups in total. The third-order valence-corrected chi connectivity index (χ3v) is 3.26. The van der Waals surface area contributed by atoms with Crippen molar-refractivity contribution in [2.45, 2.75) is 39.8 Å². The number of rotatable bonds is 5. The van der Waals surface area contributed by atoms with Crippen molar-refractivity contribution in [3.8, 4) is 0 Å². The molecule has 2 aromatic rings. The fourth-order valence-corrected chi connectivity index (χ4v) is 2.06. The molecule has 0 saturated carbocycles. The van der Waals surface area contributed by atoms with E-state index in [0.717, 1.165) is 17.9 Å². The topological polar surface area (TPSA) is 38.1 Å². The molecule has 0 saturated heterocycles. The van der Waals surface area contributed by atoms with Crippen molar-refractivity contribution in [2.75, 3.05) is 0 Å². The smallest absolute Gasteiger partial charge is 0.208 e. The molecule has 4 heteroatoms. The van der Waals surface area contributed by atoms with Crippen LogP contribution in [0.3, 0.4) is 0 Å². The molecule has 1 atom stereocenters. The lowest BCUT2D eigenvalue weighted by Gasteiger charge is -2.16. The molecule has 3 nitrogen and oxygen atoms in total. The Morgan fingerprint density at radius 1 is 1.32 bits per heavy atom. The first kappa shape index (κ1) is 13.7. The normalized spacial score (nSPS) is 12.6. The van der Waals surface area contributed by atoms with Crippen LogP contribution >= 0.6 is 0 Å². The number of halogens is 1. The lowest BCUT2D eigenvalue weighted by Crippen LogP contribution is -2.21. The zero-order valence-corrected chi connectivity index (χ0v) is 11.5. The highest BCUT2D eigenvalue weighted by Gasteiger charge is 2.14. The predicted octanol–water partition coefficient (Wildman–Crippen LogP) is 3.67. The summed E-state index contributed by atoms with van der Waals surface area (Å²) < 4.78 is 19.2. The van der Waals surface area contributed by atoms with Crippen LogP contribution in [0.4, 0.5) is 4.39 Å². The third-order valence-electron chi connectivity index (χ3n) is 3.26. The molecule has 2 rings (SSSR count). The maximum Gasteiger partial charge on any atom is 0.208 e. The van der Waals surface area contributed by atoms with Gasteiger partial charge in [0.25, 0.3) is 0 Å². The molecule has 102 valence electrons. The highest BCUT2D eigenvalue weighted by Crippen LogP contribution is 2.20. The summed E-state index contributed by atoms with van der Waals surface area (Å²) in [5.74, 6) is 1.29. The second-order valence-electron chi connectivity index (χ2n) is 4.61. The predicted molar refractivity (Wildman–Crippen MR) is 72.2 cm³/mol. The van der Waals surface area contributed by atoms with Crippen molar-refractivity contribution in [2.24, 2.45) is 0 Å². The summed E-state index contributed by atoms with van der Waals surface area (Å²) in [6, 6.07) is 6.81. The van der Waals surface area contributed by atoms with Crippen LogP contribution in [0.25, 0.3) is 0 Å². The minimum atomic E-state index is -0.179. The lowest BCUT2D eigenvalue weighted by atomic mass is 10.0. The Hall–Kier alpha value is -1.68. The van der Waals surface area contributed by atoms with Crippen molar-refractivity contribution in [1.82, 2.24) is 10.3 Å². The average Bonchev–Trinajstić information content (AvgIpc) is 2.71. The molecule has 0 aliphatic carbocycles. The summed E-state index contributed by atoms with van der Waals surface area (Å²) >= 11 is 0. The summed E-state index contributed by atoms with van der Waals surface area (Å²) in [5.41, 5.74) is 1.58. The monoisotopic (exact) mass is 262 g/mol. The first-order valence-electron chi connectivity index (χ1n) is 6.52. The van der Waals surface area contributed by atoms with E-state index >= 15 is 0 Å². The summed E-state index contributed by atoms with van der Waals surface area (Å²) in [7, 11) is 0. The van der Waals surface area contributed by atoms with Gasteiger partial charge in [0.1, 0.15) is 11.6 Å². The van der Waals surface area contributed by atoms with E-state index in [1.807, 2.05) is 32.9 Å². The number of nitrogens with zero attached hydrogens (tertiary/aromatic N) is 1. The molecule has 0 aliphatic rings. The van der Waals surface area contributed by atoms with Gasteiger partial charge in [0.05, 0.1) is 12.2 Å². The van der Waals surface area contributed by atoms with Crippen LogP contribution in [0.2, 0.25) is 0 Å². The van der Waals surface area contributed by atoms with E-state index < -0.39 is 0 Å². The maximum absolute atomic E-state index is 13.7. The zero-order valence-electron chi connectivity index (χ0n) is 11.5. The number of hydrogen-bond acceptors (Lipinski definition) is 3. The molecule has 0 fully saturated rings. The van der Waals surface area contributed by atoms with Crippen LogP contribution in [-0.2, 0) is 6.54 Å². The summed E-state index contributed by atoms with van der Waals surface area (Å²) in [6.45, 7) is 6.33. The molecule has 1 unspecified atom stereocenters. The van der Waals surface area contributed by atoms with Gasteiger partial charge in [0.2, 0.25) is 5.89 Å². The molecule has 0 amide bonds. The standard InChI is InChI=1S/C15H19FN2O/c1-4-14(12-7-5-6-8-13(12)16)17-9-15-18-10(2)11(3)19-15/h5-8,14,17H,4,9H2,1-3H3. The molecule has 0 spiro atoms. The Balaban J connectivity index is 2.06. The fraction of sp³-hybridized carbons (Fsp3) is 0.400. The third kappa shape index (κ3) is 3.20. The van der Waals surface area contributed by atoms with Crippen molar-refractivity contribution >= 4 is 0 Å². The van der Waals surface area contributed by atoms with Crippen molar-refractivity contribution in [3.63, 3.8) is 0 Å². The second-order valence-corrected chi connectivity index (χ2v) is 4.61. The Labute approximate surface area is 112 Å². The van der Waals surface area contributed by atoms with Gasteiger partial charge in [0, 0.05) is 11.6 Å². The fourth-order valence-electron chi connectivity index (χ4n) is 2.06. The average molecular weight is 262 g/mol. The molecular weight excluding hydrogens is 243 g/mol. The summed E-state index contributed by atoms with van der Waals surface area (Å²) in [4.78, 5) is 4.31. The van der Waals surface area contributed by atoms with Gasteiger partial charge in [-0.25, -0.2) is 9.37 Å². The van der Waals surface area contributed by atoms with Gasteiger partial charge in [-0.1, -0.05) is 25.1 Å². The van der Waals surface area contributed by atoms with Crippen molar-refractivity contribution in [3.05, 3.63) is 53.0 Å². The van der Waals surface area contributed by atoms with Crippen LogP contribution in [0.5, 0.6) is 0 Å². The number of aromatic nitrogens is 1. The van der Waals surface area contributed by atoms with Gasteiger partial charge in [-0.15, -0.1) is 0 Å². The van der Waals surface area contributed by atoms with Crippen LogP contribution in [-0.4, -0.2) is 4.98 Å². The molecule has 0 radical (unpaired) electrons. The molecule has 1 heterocycles. The van der Waals surface area contributed by atoms with E-state index in [1.165, 1.54) is 6.07 Å². The Morgan fingerprint density at radius 3 is 2.63 bits per heavy atom. The quantitative estimate of drug-likeness (QED) is 0.893. The van der Waals surface area contributed by atoms with Gasteiger partial charge < -0.3 is 9.73 Å². The van der Waals surface area contributed by atoms with Crippen LogP contribution in [0.15, 0.2) is 28.7 Å². The van der Waals surface area contributed by atoms with Crippen LogP contribution in [0.1, 0.15) is 42.3 Å². The first-order valence-corrected chi connectivity index (χ1v) is 6.52. The molecule has 0 bridgehead atoms. The molecular formula is C15H19FN2O. The number of benzene rings is 1. The highest BCUT2D eigenvalue weighted by molar-refractivity contribution is 5.21. The summed E-state index contributed by atoms with van der Waals surface area (Å²) in [6.07, 6.45) is 0.805. The SMILES string of the molecule is CCC(NCc1nc(C)c(C)o1)c1ccccc1F. The lowest BCUT2D eigenvalue weighted by molar-refractivity contribution is 0.413. The Bertz CT molecular complexity index is 531. The number of oxazole rings is 1. The minimum Gasteiger partial charge on any atom is -0.444 e. The zero-order chi connectivity index (χ0) is 13.8.